The summed E-state index contributed by atoms with van der Waals surface area (Å²) >= 11 is 3.37. The Labute approximate surface area is 130 Å². The third-order valence-electron chi connectivity index (χ3n) is 3.56. The van der Waals surface area contributed by atoms with Crippen LogP contribution in [0.1, 0.15) is 44.9 Å². The Bertz CT molecular complexity index is 400. The van der Waals surface area contributed by atoms with E-state index in [9.17, 15) is 13.2 Å². The number of piperidine rings is 1. The van der Waals surface area contributed by atoms with Crippen molar-refractivity contribution in [3.8, 4) is 0 Å². The van der Waals surface area contributed by atoms with E-state index in [-0.39, 0.29) is 11.9 Å². The molecule has 1 aliphatic rings. The zero-order chi connectivity index (χ0) is 15.0. The maximum absolute atomic E-state index is 12.2. The van der Waals surface area contributed by atoms with Crippen LogP contribution in [0.25, 0.3) is 0 Å². The van der Waals surface area contributed by atoms with Crippen LogP contribution >= 0.6 is 15.9 Å². The highest BCUT2D eigenvalue weighted by Crippen LogP contribution is 2.21. The van der Waals surface area contributed by atoms with Crippen LogP contribution < -0.4 is 4.72 Å². The van der Waals surface area contributed by atoms with Crippen molar-refractivity contribution >= 4 is 31.9 Å². The minimum absolute atomic E-state index is 0.189. The van der Waals surface area contributed by atoms with Crippen molar-refractivity contribution in [2.45, 2.75) is 51.0 Å². The molecule has 0 aromatic rings. The van der Waals surface area contributed by atoms with Crippen molar-refractivity contribution < 1.29 is 13.2 Å². The fourth-order valence-corrected chi connectivity index (χ4v) is 3.44. The summed E-state index contributed by atoms with van der Waals surface area (Å²) in [7, 11) is -3.14. The summed E-state index contributed by atoms with van der Waals surface area (Å²) in [4.78, 5) is 14.2. The number of rotatable bonds is 8. The van der Waals surface area contributed by atoms with Crippen molar-refractivity contribution in [1.29, 1.82) is 0 Å². The van der Waals surface area contributed by atoms with Gasteiger partial charge in [-0.2, -0.15) is 0 Å². The highest BCUT2D eigenvalue weighted by Gasteiger charge is 2.25. The van der Waals surface area contributed by atoms with Crippen LogP contribution in [0.5, 0.6) is 0 Å². The lowest BCUT2D eigenvalue weighted by Crippen LogP contribution is -2.45. The number of amides is 1. The molecule has 1 rings (SSSR count). The zero-order valence-electron chi connectivity index (χ0n) is 12.1. The first-order chi connectivity index (χ1) is 9.44. The molecule has 1 N–H and O–H groups in total. The summed E-state index contributed by atoms with van der Waals surface area (Å²) in [5.41, 5.74) is 0. The van der Waals surface area contributed by atoms with Crippen LogP contribution in [0.2, 0.25) is 0 Å². The molecule has 7 heteroatoms. The summed E-state index contributed by atoms with van der Waals surface area (Å²) in [5, 5.41) is 0.933. The van der Waals surface area contributed by atoms with Gasteiger partial charge in [0.15, 0.2) is 0 Å². The van der Waals surface area contributed by atoms with Crippen LogP contribution in [-0.2, 0) is 14.8 Å². The molecule has 1 saturated heterocycles. The van der Waals surface area contributed by atoms with Gasteiger partial charge in [0.2, 0.25) is 15.9 Å². The van der Waals surface area contributed by atoms with E-state index in [1.165, 1.54) is 0 Å². The van der Waals surface area contributed by atoms with Gasteiger partial charge in [-0.15, -0.1) is 0 Å². The minimum atomic E-state index is -3.14. The zero-order valence-corrected chi connectivity index (χ0v) is 14.5. The molecule has 1 aliphatic heterocycles. The fraction of sp³-hybridized carbons (Fsp3) is 0.923. The predicted molar refractivity (Wildman–Crippen MR) is 84.5 cm³/mol. The highest BCUT2D eigenvalue weighted by molar-refractivity contribution is 9.09. The second-order valence-electron chi connectivity index (χ2n) is 5.34. The number of sulfonamides is 1. The van der Waals surface area contributed by atoms with Gasteiger partial charge in [0, 0.05) is 30.9 Å². The summed E-state index contributed by atoms with van der Waals surface area (Å²) in [6.07, 6.45) is 7.55. The summed E-state index contributed by atoms with van der Waals surface area (Å²) in [5.74, 6) is 0.218. The van der Waals surface area contributed by atoms with E-state index in [0.717, 1.165) is 50.2 Å². The molecule has 0 radical (unpaired) electrons. The van der Waals surface area contributed by atoms with Crippen LogP contribution in [0, 0.1) is 0 Å². The molecule has 0 spiro atoms. The Kier molecular flexibility index (Phi) is 8.06. The Morgan fingerprint density at radius 1 is 1.35 bits per heavy atom. The number of carbonyl (C=O) groups is 1. The number of hydrogen-bond acceptors (Lipinski definition) is 3. The third-order valence-corrected chi connectivity index (χ3v) is 4.85. The highest BCUT2D eigenvalue weighted by atomic mass is 79.9. The monoisotopic (exact) mass is 368 g/mol. The molecule has 5 nitrogen and oxygen atoms in total. The SMILES string of the molecule is CS(=O)(=O)NCCC1CCCCN1C(=O)CCCCBr. The lowest BCUT2D eigenvalue weighted by atomic mass is 9.98. The average molecular weight is 369 g/mol. The van der Waals surface area contributed by atoms with E-state index in [1.54, 1.807) is 0 Å². The Morgan fingerprint density at radius 2 is 2.10 bits per heavy atom. The van der Waals surface area contributed by atoms with Crippen molar-refractivity contribution in [2.24, 2.45) is 0 Å². The van der Waals surface area contributed by atoms with E-state index in [4.69, 9.17) is 0 Å². The normalized spacial score (nSPS) is 20.1. The third kappa shape index (κ3) is 7.04. The molecule has 1 atom stereocenters. The number of nitrogens with one attached hydrogen (secondary N) is 1. The number of hydrogen-bond donors (Lipinski definition) is 1. The minimum Gasteiger partial charge on any atom is -0.340 e. The van der Waals surface area contributed by atoms with E-state index < -0.39 is 10.0 Å². The van der Waals surface area contributed by atoms with Gasteiger partial charge >= 0.3 is 0 Å². The van der Waals surface area contributed by atoms with Gasteiger partial charge in [0.1, 0.15) is 0 Å². The number of alkyl halides is 1. The fourth-order valence-electron chi connectivity index (χ4n) is 2.55. The van der Waals surface area contributed by atoms with Gasteiger partial charge in [0.25, 0.3) is 0 Å². The molecule has 1 amide bonds. The molecular formula is C13H25BrN2O3S. The summed E-state index contributed by atoms with van der Waals surface area (Å²) in [6, 6.07) is 0.189. The molecule has 0 bridgehead atoms. The van der Waals surface area contributed by atoms with Crippen LogP contribution in [-0.4, -0.2) is 49.9 Å². The van der Waals surface area contributed by atoms with Gasteiger partial charge in [0.05, 0.1) is 6.26 Å². The number of unbranched alkanes of at least 4 members (excludes halogenated alkanes) is 1. The van der Waals surface area contributed by atoms with E-state index in [2.05, 4.69) is 20.7 Å². The number of halogens is 1. The van der Waals surface area contributed by atoms with Crippen LogP contribution in [0.3, 0.4) is 0 Å². The first-order valence-corrected chi connectivity index (χ1v) is 10.3. The second-order valence-corrected chi connectivity index (χ2v) is 7.96. The number of likely N-dealkylation sites (tertiary alicyclic amines) is 1. The number of carbonyl (C=O) groups excluding carboxylic acids is 1. The van der Waals surface area contributed by atoms with Gasteiger partial charge in [-0.1, -0.05) is 15.9 Å². The lowest BCUT2D eigenvalue weighted by molar-refractivity contribution is -0.135. The van der Waals surface area contributed by atoms with Gasteiger partial charge < -0.3 is 4.90 Å². The van der Waals surface area contributed by atoms with Crippen molar-refractivity contribution in [3.05, 3.63) is 0 Å². The van der Waals surface area contributed by atoms with Crippen molar-refractivity contribution in [1.82, 2.24) is 9.62 Å². The van der Waals surface area contributed by atoms with E-state index in [1.807, 2.05) is 4.90 Å². The maximum Gasteiger partial charge on any atom is 0.222 e. The largest absolute Gasteiger partial charge is 0.340 e. The Hall–Kier alpha value is -0.140. The predicted octanol–water partition coefficient (Wildman–Crippen LogP) is 1.87. The number of nitrogens with zero attached hydrogens (tertiary/aromatic N) is 1. The Morgan fingerprint density at radius 3 is 2.75 bits per heavy atom. The topological polar surface area (TPSA) is 66.5 Å². The van der Waals surface area contributed by atoms with Gasteiger partial charge in [-0.25, -0.2) is 13.1 Å². The lowest BCUT2D eigenvalue weighted by Gasteiger charge is -2.36. The molecular weight excluding hydrogens is 344 g/mol. The molecule has 1 heterocycles. The molecule has 0 aliphatic carbocycles. The smallest absolute Gasteiger partial charge is 0.222 e. The van der Waals surface area contributed by atoms with Crippen LogP contribution in [0.15, 0.2) is 0 Å². The van der Waals surface area contributed by atoms with Gasteiger partial charge in [-0.05, 0) is 38.5 Å². The molecule has 0 aromatic carbocycles. The standard InChI is InChI=1S/C13H25BrN2O3S/c1-20(18,19)15-10-8-12-6-3-5-11-16(12)13(17)7-2-4-9-14/h12,15H,2-11H2,1H3. The van der Waals surface area contributed by atoms with E-state index >= 15 is 0 Å². The molecule has 118 valence electrons. The quantitative estimate of drug-likeness (QED) is 0.525. The van der Waals surface area contributed by atoms with Crippen molar-refractivity contribution in [3.63, 3.8) is 0 Å². The second kappa shape index (κ2) is 9.00. The average Bonchev–Trinajstić information content (AvgIpc) is 2.38. The van der Waals surface area contributed by atoms with Crippen molar-refractivity contribution in [2.75, 3.05) is 24.7 Å². The summed E-state index contributed by atoms with van der Waals surface area (Å²) in [6.45, 7) is 1.23. The van der Waals surface area contributed by atoms with Gasteiger partial charge in [-0.3, -0.25) is 4.79 Å². The molecule has 0 aromatic heterocycles. The van der Waals surface area contributed by atoms with E-state index in [0.29, 0.717) is 19.4 Å². The maximum atomic E-state index is 12.2. The Balaban J connectivity index is 2.42. The van der Waals surface area contributed by atoms with Crippen LogP contribution in [0.4, 0.5) is 0 Å². The molecule has 0 saturated carbocycles. The summed E-state index contributed by atoms with van der Waals surface area (Å²) < 4.78 is 24.6. The molecule has 1 fully saturated rings. The molecule has 1 unspecified atom stereocenters. The molecule has 20 heavy (non-hydrogen) atoms. The first kappa shape index (κ1) is 17.9. The first-order valence-electron chi connectivity index (χ1n) is 7.24.